The fourth-order valence-corrected chi connectivity index (χ4v) is 3.28. The van der Waals surface area contributed by atoms with Crippen molar-refractivity contribution >= 4 is 5.91 Å². The molecule has 1 N–H and O–H groups in total. The Morgan fingerprint density at radius 3 is 2.48 bits per heavy atom. The number of ether oxygens (including phenoxy) is 1. The molecule has 2 aromatic heterocycles. The van der Waals surface area contributed by atoms with E-state index in [2.05, 4.69) is 15.5 Å². The number of imidazole rings is 1. The largest absolute Gasteiger partial charge is 0.489 e. The first-order valence-corrected chi connectivity index (χ1v) is 10.0. The number of benzene rings is 2. The van der Waals surface area contributed by atoms with Crippen LogP contribution in [0.3, 0.4) is 0 Å². The van der Waals surface area contributed by atoms with E-state index in [4.69, 9.17) is 9.26 Å². The van der Waals surface area contributed by atoms with Gasteiger partial charge in [-0.2, -0.15) is 0 Å². The van der Waals surface area contributed by atoms with Crippen LogP contribution in [0.2, 0.25) is 0 Å². The van der Waals surface area contributed by atoms with Crippen molar-refractivity contribution in [1.82, 2.24) is 20.0 Å². The summed E-state index contributed by atoms with van der Waals surface area (Å²) < 4.78 is 12.9. The Morgan fingerprint density at radius 2 is 1.87 bits per heavy atom. The van der Waals surface area contributed by atoms with Crippen molar-refractivity contribution in [2.24, 2.45) is 0 Å². The van der Waals surface area contributed by atoms with Gasteiger partial charge in [-0.15, -0.1) is 0 Å². The second-order valence-electron chi connectivity index (χ2n) is 7.37. The van der Waals surface area contributed by atoms with Gasteiger partial charge in [-0.3, -0.25) is 4.79 Å². The Morgan fingerprint density at radius 1 is 1.13 bits per heavy atom. The van der Waals surface area contributed by atoms with Crippen LogP contribution < -0.4 is 10.1 Å². The minimum absolute atomic E-state index is 0.125. The summed E-state index contributed by atoms with van der Waals surface area (Å²) in [6.45, 7) is 6.08. The molecule has 2 aromatic carbocycles. The molecule has 7 heteroatoms. The van der Waals surface area contributed by atoms with Gasteiger partial charge in [-0.25, -0.2) is 4.98 Å². The smallest absolute Gasteiger partial charge is 0.251 e. The standard InChI is InChI=1S/C24H24N4O3/c1-16(19-4-8-21(9-5-19)28-13-12-25-15-28)26-24(29)20-6-10-22(11-7-20)30-14-23-17(2)27-31-18(23)3/h4-13,15-16H,14H2,1-3H3,(H,26,29). The highest BCUT2D eigenvalue weighted by atomic mass is 16.5. The van der Waals surface area contributed by atoms with E-state index in [1.807, 2.05) is 55.8 Å². The van der Waals surface area contributed by atoms with Gasteiger partial charge in [0.25, 0.3) is 5.91 Å². The van der Waals surface area contributed by atoms with E-state index in [9.17, 15) is 4.79 Å². The monoisotopic (exact) mass is 416 g/mol. The minimum atomic E-state index is -0.136. The van der Waals surface area contributed by atoms with Crippen LogP contribution in [0.15, 0.2) is 71.8 Å². The molecule has 0 radical (unpaired) electrons. The van der Waals surface area contributed by atoms with Crippen molar-refractivity contribution in [3.8, 4) is 11.4 Å². The van der Waals surface area contributed by atoms with Gasteiger partial charge in [-0.05, 0) is 62.7 Å². The Kier molecular flexibility index (Phi) is 5.84. The number of hydrogen-bond acceptors (Lipinski definition) is 5. The summed E-state index contributed by atoms with van der Waals surface area (Å²) in [4.78, 5) is 16.7. The maximum Gasteiger partial charge on any atom is 0.251 e. The molecular formula is C24H24N4O3. The lowest BCUT2D eigenvalue weighted by Crippen LogP contribution is -2.26. The molecule has 1 atom stereocenters. The van der Waals surface area contributed by atoms with E-state index >= 15 is 0 Å². The summed E-state index contributed by atoms with van der Waals surface area (Å²) in [5.41, 5.74) is 4.38. The molecule has 0 fully saturated rings. The molecule has 0 saturated heterocycles. The molecule has 7 nitrogen and oxygen atoms in total. The van der Waals surface area contributed by atoms with E-state index in [1.165, 1.54) is 0 Å². The second kappa shape index (κ2) is 8.87. The summed E-state index contributed by atoms with van der Waals surface area (Å²) in [6, 6.07) is 15.0. The van der Waals surface area contributed by atoms with Crippen LogP contribution in [0.1, 0.15) is 45.9 Å². The van der Waals surface area contributed by atoms with Gasteiger partial charge in [0.15, 0.2) is 0 Å². The maximum absolute atomic E-state index is 12.6. The number of carbonyl (C=O) groups is 1. The number of nitrogens with zero attached hydrogens (tertiary/aromatic N) is 3. The van der Waals surface area contributed by atoms with Gasteiger partial charge in [0.2, 0.25) is 0 Å². The van der Waals surface area contributed by atoms with Crippen molar-refractivity contribution in [1.29, 1.82) is 0 Å². The topological polar surface area (TPSA) is 82.2 Å². The quantitative estimate of drug-likeness (QED) is 0.478. The fraction of sp³-hybridized carbons (Fsp3) is 0.208. The third-order valence-electron chi connectivity index (χ3n) is 5.22. The molecule has 31 heavy (non-hydrogen) atoms. The van der Waals surface area contributed by atoms with Gasteiger partial charge >= 0.3 is 0 Å². The Hall–Kier alpha value is -3.87. The normalized spacial score (nSPS) is 11.8. The van der Waals surface area contributed by atoms with E-state index in [0.29, 0.717) is 17.9 Å². The molecule has 1 unspecified atom stereocenters. The highest BCUT2D eigenvalue weighted by Crippen LogP contribution is 2.19. The van der Waals surface area contributed by atoms with Gasteiger partial charge in [0, 0.05) is 23.6 Å². The first-order valence-electron chi connectivity index (χ1n) is 10.0. The Bertz CT molecular complexity index is 1130. The summed E-state index contributed by atoms with van der Waals surface area (Å²) in [5, 5.41) is 6.96. The Labute approximate surface area is 180 Å². The lowest BCUT2D eigenvalue weighted by Gasteiger charge is -2.15. The van der Waals surface area contributed by atoms with Gasteiger partial charge in [0.1, 0.15) is 18.1 Å². The number of carbonyl (C=O) groups excluding carboxylic acids is 1. The number of aromatic nitrogens is 3. The van der Waals surface area contributed by atoms with E-state index < -0.39 is 0 Å². The molecule has 4 rings (SSSR count). The van der Waals surface area contributed by atoms with Crippen LogP contribution in [0, 0.1) is 13.8 Å². The average Bonchev–Trinajstić information content (AvgIpc) is 3.43. The predicted octanol–water partition coefficient (Wildman–Crippen LogP) is 4.55. The van der Waals surface area contributed by atoms with Gasteiger partial charge in [-0.1, -0.05) is 17.3 Å². The van der Waals surface area contributed by atoms with Crippen molar-refractivity contribution in [3.05, 3.63) is 95.4 Å². The molecule has 0 aliphatic heterocycles. The zero-order valence-corrected chi connectivity index (χ0v) is 17.7. The van der Waals surface area contributed by atoms with Crippen LogP contribution in [-0.2, 0) is 6.61 Å². The molecule has 0 aliphatic carbocycles. The van der Waals surface area contributed by atoms with Gasteiger partial charge < -0.3 is 19.1 Å². The molecule has 0 spiro atoms. The van der Waals surface area contributed by atoms with Crippen molar-refractivity contribution in [2.75, 3.05) is 0 Å². The summed E-state index contributed by atoms with van der Waals surface area (Å²) in [5.74, 6) is 1.30. The number of hydrogen-bond donors (Lipinski definition) is 1. The molecule has 1 amide bonds. The maximum atomic E-state index is 12.6. The number of amides is 1. The first kappa shape index (κ1) is 20.4. The highest BCUT2D eigenvalue weighted by molar-refractivity contribution is 5.94. The summed E-state index contributed by atoms with van der Waals surface area (Å²) in [6.07, 6.45) is 5.38. The summed E-state index contributed by atoms with van der Waals surface area (Å²) >= 11 is 0. The number of aryl methyl sites for hydroxylation is 2. The van der Waals surface area contributed by atoms with Crippen LogP contribution in [-0.4, -0.2) is 20.6 Å². The minimum Gasteiger partial charge on any atom is -0.489 e. The van der Waals surface area contributed by atoms with Gasteiger partial charge in [0.05, 0.1) is 23.6 Å². The van der Waals surface area contributed by atoms with E-state index in [-0.39, 0.29) is 11.9 Å². The molecular weight excluding hydrogens is 392 g/mol. The zero-order chi connectivity index (χ0) is 21.8. The van der Waals surface area contributed by atoms with Crippen molar-refractivity contribution < 1.29 is 14.1 Å². The van der Waals surface area contributed by atoms with E-state index in [1.54, 1.807) is 36.8 Å². The lowest BCUT2D eigenvalue weighted by atomic mass is 10.1. The van der Waals surface area contributed by atoms with Crippen LogP contribution in [0.25, 0.3) is 5.69 Å². The molecule has 2 heterocycles. The van der Waals surface area contributed by atoms with Crippen molar-refractivity contribution in [3.63, 3.8) is 0 Å². The van der Waals surface area contributed by atoms with Crippen LogP contribution in [0.4, 0.5) is 0 Å². The molecule has 4 aromatic rings. The lowest BCUT2D eigenvalue weighted by molar-refractivity contribution is 0.0940. The zero-order valence-electron chi connectivity index (χ0n) is 17.7. The van der Waals surface area contributed by atoms with E-state index in [0.717, 1.165) is 28.3 Å². The SMILES string of the molecule is Cc1noc(C)c1COc1ccc(C(=O)NC(C)c2ccc(-n3ccnc3)cc2)cc1. The third-order valence-corrected chi connectivity index (χ3v) is 5.22. The molecule has 0 bridgehead atoms. The second-order valence-corrected chi connectivity index (χ2v) is 7.37. The van der Waals surface area contributed by atoms with Crippen LogP contribution >= 0.6 is 0 Å². The summed E-state index contributed by atoms with van der Waals surface area (Å²) in [7, 11) is 0. The van der Waals surface area contributed by atoms with Crippen molar-refractivity contribution in [2.45, 2.75) is 33.4 Å². The predicted molar refractivity (Wildman–Crippen MR) is 116 cm³/mol. The molecule has 0 aliphatic rings. The van der Waals surface area contributed by atoms with Crippen LogP contribution in [0.5, 0.6) is 5.75 Å². The first-order chi connectivity index (χ1) is 15.0. The molecule has 0 saturated carbocycles. The third kappa shape index (κ3) is 4.66. The molecule has 158 valence electrons. The average molecular weight is 416 g/mol. The Balaban J connectivity index is 1.34. The number of rotatable bonds is 7. The number of nitrogens with one attached hydrogen (secondary N) is 1. The fourth-order valence-electron chi connectivity index (χ4n) is 3.28. The highest BCUT2D eigenvalue weighted by Gasteiger charge is 2.13.